The van der Waals surface area contributed by atoms with E-state index in [0.717, 1.165) is 12.7 Å². The summed E-state index contributed by atoms with van der Waals surface area (Å²) in [5.74, 6) is -3.42. The van der Waals surface area contributed by atoms with Gasteiger partial charge in [0.15, 0.2) is 18.2 Å². The number of hydrogen-bond acceptors (Lipinski definition) is 15. The third kappa shape index (κ3) is 8.33. The molecule has 16 heteroatoms. The lowest BCUT2D eigenvalue weighted by Crippen LogP contribution is -2.62. The summed E-state index contributed by atoms with van der Waals surface area (Å²) in [6, 6.07) is 0. The highest BCUT2D eigenvalue weighted by atomic mass is 16.8. The highest BCUT2D eigenvalue weighted by Crippen LogP contribution is 2.47. The minimum Gasteiger partial charge on any atom is -0.478 e. The molecule has 16 nitrogen and oxygen atoms in total. The van der Waals surface area contributed by atoms with Gasteiger partial charge in [-0.05, 0) is 44.4 Å². The minimum atomic E-state index is -2.10. The van der Waals surface area contributed by atoms with E-state index in [9.17, 15) is 45.3 Å². The summed E-state index contributed by atoms with van der Waals surface area (Å²) in [5.41, 5.74) is -1.85. The quantitative estimate of drug-likeness (QED) is 0.0772. The molecule has 47 heavy (non-hydrogen) atoms. The first-order valence-electron chi connectivity index (χ1n) is 15.9. The molecule has 3 fully saturated rings. The van der Waals surface area contributed by atoms with Gasteiger partial charge in [0.25, 0.3) is 0 Å². The van der Waals surface area contributed by atoms with E-state index in [1.54, 1.807) is 19.9 Å². The first kappa shape index (κ1) is 37.6. The summed E-state index contributed by atoms with van der Waals surface area (Å²) in [7, 11) is 0. The number of aliphatic hydroxyl groups is 7. The molecular weight excluding hydrogens is 628 g/mol. The average Bonchev–Trinajstić information content (AvgIpc) is 3.49. The predicted octanol–water partition coefficient (Wildman–Crippen LogP) is -1.48. The van der Waals surface area contributed by atoms with Crippen molar-refractivity contribution in [3.8, 4) is 0 Å². The van der Waals surface area contributed by atoms with Crippen molar-refractivity contribution in [2.45, 2.75) is 108 Å². The monoisotopic (exact) mass is 676 g/mol. The van der Waals surface area contributed by atoms with Crippen LogP contribution in [-0.4, -0.2) is 140 Å². The topological polar surface area (TPSA) is 251 Å². The molecule has 0 bridgehead atoms. The molecule has 1 aliphatic carbocycles. The zero-order chi connectivity index (χ0) is 34.6. The number of aliphatic carboxylic acids is 1. The average molecular weight is 677 g/mol. The molecule has 0 aromatic heterocycles. The van der Waals surface area contributed by atoms with Gasteiger partial charge in [-0.3, -0.25) is 0 Å². The Morgan fingerprint density at radius 1 is 1.09 bits per heavy atom. The maximum atomic E-state index is 12.5. The number of carbonyl (C=O) groups excluding carboxylic acids is 1. The summed E-state index contributed by atoms with van der Waals surface area (Å²) in [6.07, 6.45) is -8.59. The highest BCUT2D eigenvalue weighted by molar-refractivity contribution is 5.88. The van der Waals surface area contributed by atoms with Crippen LogP contribution in [0.25, 0.3) is 0 Å². The van der Waals surface area contributed by atoms with Crippen LogP contribution in [0, 0.1) is 23.7 Å². The molecule has 0 spiro atoms. The summed E-state index contributed by atoms with van der Waals surface area (Å²) < 4.78 is 33.8. The van der Waals surface area contributed by atoms with E-state index >= 15 is 0 Å². The summed E-state index contributed by atoms with van der Waals surface area (Å²) >= 11 is 0. The molecule has 0 aromatic carbocycles. The van der Waals surface area contributed by atoms with E-state index in [-0.39, 0.29) is 24.5 Å². The fourth-order valence-corrected chi connectivity index (χ4v) is 6.51. The molecule has 2 saturated heterocycles. The van der Waals surface area contributed by atoms with Gasteiger partial charge in [0.1, 0.15) is 37.1 Å². The number of aliphatic hydroxyl groups excluding tert-OH is 6. The molecule has 3 heterocycles. The van der Waals surface area contributed by atoms with E-state index < -0.39 is 111 Å². The molecule has 0 aromatic rings. The van der Waals surface area contributed by atoms with Crippen LogP contribution in [0.2, 0.25) is 0 Å². The van der Waals surface area contributed by atoms with E-state index in [2.05, 4.69) is 0 Å². The molecule has 0 unspecified atom stereocenters. The van der Waals surface area contributed by atoms with Crippen LogP contribution < -0.4 is 0 Å². The fourth-order valence-electron chi connectivity index (χ4n) is 6.51. The van der Waals surface area contributed by atoms with E-state index in [4.69, 9.17) is 33.5 Å². The van der Waals surface area contributed by atoms with Crippen molar-refractivity contribution >= 4 is 11.9 Å². The minimum absolute atomic E-state index is 0.0416. The zero-order valence-electron chi connectivity index (χ0n) is 26.7. The number of carboxylic acid groups (broad SMARTS) is 1. The van der Waals surface area contributed by atoms with Crippen LogP contribution in [0.1, 0.15) is 46.5 Å². The Kier molecular flexibility index (Phi) is 12.8. The fraction of sp³-hybridized carbons (Fsp3) is 0.806. The zero-order valence-corrected chi connectivity index (χ0v) is 26.7. The second-order valence-corrected chi connectivity index (χ2v) is 13.1. The Hall–Kier alpha value is -2.22. The number of esters is 1. The van der Waals surface area contributed by atoms with Gasteiger partial charge in [-0.25, -0.2) is 9.59 Å². The second-order valence-electron chi connectivity index (χ2n) is 13.1. The largest absolute Gasteiger partial charge is 0.478 e. The van der Waals surface area contributed by atoms with Crippen molar-refractivity contribution in [3.63, 3.8) is 0 Å². The summed E-state index contributed by atoms with van der Waals surface area (Å²) in [5, 5.41) is 82.5. The first-order chi connectivity index (χ1) is 22.2. The molecule has 8 N–H and O–H groups in total. The summed E-state index contributed by atoms with van der Waals surface area (Å²) in [4.78, 5) is 24.3. The normalized spacial score (nSPS) is 41.1. The van der Waals surface area contributed by atoms with Crippen LogP contribution in [0.4, 0.5) is 0 Å². The van der Waals surface area contributed by atoms with Crippen molar-refractivity contribution in [3.05, 3.63) is 23.5 Å². The number of fused-ring (bicyclic) bond motifs is 1. The Labute approximate surface area is 272 Å². The van der Waals surface area contributed by atoms with Crippen molar-refractivity contribution in [2.24, 2.45) is 23.7 Å². The Morgan fingerprint density at radius 2 is 1.81 bits per heavy atom. The lowest BCUT2D eigenvalue weighted by Gasteiger charge is -2.45. The van der Waals surface area contributed by atoms with Crippen molar-refractivity contribution < 1.29 is 78.9 Å². The molecule has 14 atom stereocenters. The first-order valence-corrected chi connectivity index (χ1v) is 15.9. The molecule has 268 valence electrons. The van der Waals surface area contributed by atoms with Crippen LogP contribution in [0.3, 0.4) is 0 Å². The molecule has 4 aliphatic rings. The van der Waals surface area contributed by atoms with Gasteiger partial charge in [0.05, 0.1) is 31.2 Å². The Morgan fingerprint density at radius 3 is 2.47 bits per heavy atom. The SMILES string of the molecule is C/C(=C\CC[C@H](C)CCO)C(=O)OC[C@]1(O)CO[C@H](O[C@@H]2[C@@H](O[C@@H]3OC=C(C(=O)O)[C@H]4C[C@@H](O)[C@H](C)[C@@H]34)O[C@@H](CO)[C@H](O)[C@H]2O)[C@H]1O. The number of allylic oxidation sites excluding steroid dienone is 1. The number of carbonyl (C=O) groups is 2. The van der Waals surface area contributed by atoms with Gasteiger partial charge in [-0.2, -0.15) is 0 Å². The Bertz CT molecular complexity index is 1140. The molecule has 0 radical (unpaired) electrons. The molecule has 3 aliphatic heterocycles. The van der Waals surface area contributed by atoms with Gasteiger partial charge in [0.2, 0.25) is 6.29 Å². The van der Waals surface area contributed by atoms with Gasteiger partial charge < -0.3 is 69.3 Å². The van der Waals surface area contributed by atoms with E-state index in [0.29, 0.717) is 18.4 Å². The molecule has 1 saturated carbocycles. The van der Waals surface area contributed by atoms with Crippen molar-refractivity contribution in [1.82, 2.24) is 0 Å². The highest BCUT2D eigenvalue weighted by Gasteiger charge is 2.56. The third-order valence-electron chi connectivity index (χ3n) is 9.66. The summed E-state index contributed by atoms with van der Waals surface area (Å²) in [6.45, 7) is 3.42. The van der Waals surface area contributed by atoms with Crippen LogP contribution in [0.5, 0.6) is 0 Å². The second kappa shape index (κ2) is 16.0. The number of rotatable bonds is 14. The lowest BCUT2D eigenvalue weighted by atomic mass is 9.83. The van der Waals surface area contributed by atoms with E-state index in [1.807, 2.05) is 6.92 Å². The van der Waals surface area contributed by atoms with Gasteiger partial charge >= 0.3 is 11.9 Å². The number of ether oxygens (including phenoxy) is 6. The van der Waals surface area contributed by atoms with Crippen molar-refractivity contribution in [2.75, 3.05) is 26.4 Å². The molecular formula is C31H48O16. The predicted molar refractivity (Wildman–Crippen MR) is 157 cm³/mol. The Balaban J connectivity index is 1.43. The maximum Gasteiger partial charge on any atom is 0.334 e. The van der Waals surface area contributed by atoms with Gasteiger partial charge in [0, 0.05) is 24.0 Å². The van der Waals surface area contributed by atoms with Gasteiger partial charge in [-0.15, -0.1) is 0 Å². The van der Waals surface area contributed by atoms with Crippen LogP contribution in [-0.2, 0) is 38.0 Å². The molecule has 0 amide bonds. The van der Waals surface area contributed by atoms with Crippen LogP contribution >= 0.6 is 0 Å². The smallest absolute Gasteiger partial charge is 0.334 e. The number of hydrogen-bond donors (Lipinski definition) is 8. The third-order valence-corrected chi connectivity index (χ3v) is 9.66. The maximum absolute atomic E-state index is 12.5. The van der Waals surface area contributed by atoms with E-state index in [1.165, 1.54) is 0 Å². The lowest BCUT2D eigenvalue weighted by molar-refractivity contribution is -0.365. The van der Waals surface area contributed by atoms with Gasteiger partial charge in [-0.1, -0.05) is 19.9 Å². The molecule has 4 rings (SSSR count). The standard InChI is InChI=1S/C31H48O16/c1-14(7-8-32)5-4-6-15(2)27(40)43-12-31(41)13-44-30(25(31)37)46-24-23(36)22(35)20(10-33)45-29(24)47-28-21-16(3)19(34)9-17(21)18(11-42-28)26(38)39/h6,11,14,16-17,19-25,28-30,32-37,41H,4-5,7-10,12-13H2,1-3H3,(H,38,39)/b15-6+/t14-,16-,17+,19+,20-,21+,22-,23+,24-,25+,28-,29+,30+,31-/m0/s1. The van der Waals surface area contributed by atoms with Crippen molar-refractivity contribution in [1.29, 1.82) is 0 Å². The van der Waals surface area contributed by atoms with Crippen LogP contribution in [0.15, 0.2) is 23.5 Å². The number of carboxylic acids is 1.